The van der Waals surface area contributed by atoms with Crippen LogP contribution in [0.4, 0.5) is 5.13 Å². The lowest BCUT2D eigenvalue weighted by Gasteiger charge is -2.23. The Bertz CT molecular complexity index is 1790. The van der Waals surface area contributed by atoms with Gasteiger partial charge in [0.15, 0.2) is 5.13 Å². The summed E-state index contributed by atoms with van der Waals surface area (Å²) in [6.07, 6.45) is 0. The highest BCUT2D eigenvalue weighted by Gasteiger charge is 2.48. The van der Waals surface area contributed by atoms with Gasteiger partial charge in [-0.3, -0.25) is 14.5 Å². The number of fused-ring (bicyclic) bond motifs is 1. The number of amides is 1. The SMILES string of the molecule is COc1cccc(/C(O)=C2\C(=O)C(=O)N(c3nc4ccc(C)cc4s3)C2c2cccc(Oc3ccccc3)c2)c1. The maximum absolute atomic E-state index is 13.6. The predicted molar refractivity (Wildman–Crippen MR) is 155 cm³/mol. The molecule has 1 fully saturated rings. The number of ether oxygens (including phenoxy) is 2. The average molecular weight is 549 g/mol. The fraction of sp³-hybridized carbons (Fsp3) is 0.0938. The van der Waals surface area contributed by atoms with Gasteiger partial charge in [-0.1, -0.05) is 59.9 Å². The van der Waals surface area contributed by atoms with Gasteiger partial charge in [0.05, 0.1) is 28.9 Å². The number of benzene rings is 4. The van der Waals surface area contributed by atoms with Crippen molar-refractivity contribution in [3.05, 3.63) is 119 Å². The standard InChI is InChI=1S/C32H24N2O5S/c1-19-14-15-25-26(16-19)40-32(33-25)34-28(20-8-6-13-24(17-20)39-22-10-4-3-5-11-22)27(30(36)31(34)37)29(35)21-9-7-12-23(18-21)38-2/h3-18,28,35H,1-2H3/b29-27+. The minimum absolute atomic E-state index is 0.0365. The van der Waals surface area contributed by atoms with Crippen molar-refractivity contribution in [2.45, 2.75) is 13.0 Å². The normalized spacial score (nSPS) is 16.4. The number of rotatable bonds is 6. The van der Waals surface area contributed by atoms with Crippen LogP contribution in [0.3, 0.4) is 0 Å². The Morgan fingerprint density at radius 2 is 1.62 bits per heavy atom. The molecule has 0 spiro atoms. The van der Waals surface area contributed by atoms with Gasteiger partial charge in [0.25, 0.3) is 5.78 Å². The molecule has 4 aromatic carbocycles. The number of methoxy groups -OCH3 is 1. The van der Waals surface area contributed by atoms with Crippen molar-refractivity contribution in [3.63, 3.8) is 0 Å². The Morgan fingerprint density at radius 3 is 2.42 bits per heavy atom. The lowest BCUT2D eigenvalue weighted by atomic mass is 9.95. The van der Waals surface area contributed by atoms with Gasteiger partial charge in [-0.2, -0.15) is 0 Å². The van der Waals surface area contributed by atoms with Crippen molar-refractivity contribution in [1.29, 1.82) is 0 Å². The Kier molecular flexibility index (Phi) is 6.53. The number of aliphatic hydroxyl groups is 1. The van der Waals surface area contributed by atoms with Crippen LogP contribution in [0.5, 0.6) is 17.2 Å². The van der Waals surface area contributed by atoms with Crippen molar-refractivity contribution < 1.29 is 24.2 Å². The van der Waals surface area contributed by atoms with Crippen LogP contribution in [0.15, 0.2) is 103 Å². The third-order valence-electron chi connectivity index (χ3n) is 6.68. The minimum Gasteiger partial charge on any atom is -0.507 e. The first-order valence-electron chi connectivity index (χ1n) is 12.6. The molecule has 5 aromatic rings. The fourth-order valence-electron chi connectivity index (χ4n) is 4.77. The summed E-state index contributed by atoms with van der Waals surface area (Å²) in [5.41, 5.74) is 2.70. The van der Waals surface area contributed by atoms with Crippen LogP contribution in [0.2, 0.25) is 0 Å². The third kappa shape index (κ3) is 4.58. The van der Waals surface area contributed by atoms with E-state index in [4.69, 9.17) is 14.5 Å². The van der Waals surface area contributed by atoms with Gasteiger partial charge in [0.2, 0.25) is 0 Å². The molecule has 6 rings (SSSR count). The fourth-order valence-corrected chi connectivity index (χ4v) is 5.86. The first-order valence-corrected chi connectivity index (χ1v) is 13.4. The summed E-state index contributed by atoms with van der Waals surface area (Å²) in [4.78, 5) is 33.3. The van der Waals surface area contributed by atoms with Crippen LogP contribution in [-0.2, 0) is 9.59 Å². The molecule has 2 heterocycles. The number of hydrogen-bond acceptors (Lipinski definition) is 7. The van der Waals surface area contributed by atoms with E-state index in [1.807, 2.05) is 55.5 Å². The van der Waals surface area contributed by atoms with Crippen molar-refractivity contribution >= 4 is 44.1 Å². The highest BCUT2D eigenvalue weighted by molar-refractivity contribution is 7.22. The molecule has 0 bridgehead atoms. The molecule has 0 aliphatic carbocycles. The van der Waals surface area contributed by atoms with Crippen LogP contribution in [0.25, 0.3) is 16.0 Å². The van der Waals surface area contributed by atoms with E-state index in [2.05, 4.69) is 0 Å². The summed E-state index contributed by atoms with van der Waals surface area (Å²) < 4.78 is 12.3. The maximum atomic E-state index is 13.6. The summed E-state index contributed by atoms with van der Waals surface area (Å²) in [6.45, 7) is 1.98. The molecule has 8 heteroatoms. The zero-order valence-electron chi connectivity index (χ0n) is 21.7. The highest BCUT2D eigenvalue weighted by atomic mass is 32.1. The number of para-hydroxylation sites is 1. The van der Waals surface area contributed by atoms with E-state index in [0.29, 0.717) is 33.5 Å². The van der Waals surface area contributed by atoms with E-state index in [1.54, 1.807) is 48.5 Å². The number of aromatic nitrogens is 1. The second-order valence-electron chi connectivity index (χ2n) is 9.36. The number of ketones is 1. The molecule has 198 valence electrons. The van der Waals surface area contributed by atoms with E-state index < -0.39 is 17.7 Å². The number of thiazole rings is 1. The average Bonchev–Trinajstić information content (AvgIpc) is 3.50. The van der Waals surface area contributed by atoms with E-state index in [-0.39, 0.29) is 11.3 Å². The monoisotopic (exact) mass is 548 g/mol. The van der Waals surface area contributed by atoms with E-state index in [9.17, 15) is 14.7 Å². The topological polar surface area (TPSA) is 89.0 Å². The Labute approximate surface area is 234 Å². The number of hydrogen-bond donors (Lipinski definition) is 1. The van der Waals surface area contributed by atoms with E-state index in [1.165, 1.54) is 23.3 Å². The van der Waals surface area contributed by atoms with Crippen LogP contribution < -0.4 is 14.4 Å². The summed E-state index contributed by atoms with van der Waals surface area (Å²) >= 11 is 1.32. The number of nitrogens with zero attached hydrogens (tertiary/aromatic N) is 2. The predicted octanol–water partition coefficient (Wildman–Crippen LogP) is 7.03. The number of aryl methyl sites for hydroxylation is 1. The third-order valence-corrected chi connectivity index (χ3v) is 7.70. The molecular formula is C32H24N2O5S. The minimum atomic E-state index is -0.938. The molecule has 1 atom stereocenters. The number of carbonyl (C=O) groups excluding carboxylic acids is 2. The number of carbonyl (C=O) groups is 2. The Morgan fingerprint density at radius 1 is 0.875 bits per heavy atom. The second kappa shape index (κ2) is 10.3. The van der Waals surface area contributed by atoms with Gasteiger partial charge >= 0.3 is 5.91 Å². The number of Topliss-reactive ketones (excluding diaryl/α,β-unsaturated/α-hetero) is 1. The molecule has 0 radical (unpaired) electrons. The smallest absolute Gasteiger partial charge is 0.301 e. The molecule has 1 saturated heterocycles. The lowest BCUT2D eigenvalue weighted by Crippen LogP contribution is -2.29. The largest absolute Gasteiger partial charge is 0.507 e. The van der Waals surface area contributed by atoms with Crippen molar-refractivity contribution in [3.8, 4) is 17.2 Å². The van der Waals surface area contributed by atoms with Gasteiger partial charge in [-0.05, 0) is 66.6 Å². The summed E-state index contributed by atoms with van der Waals surface area (Å²) in [5, 5.41) is 11.8. The van der Waals surface area contributed by atoms with Crippen LogP contribution in [0, 0.1) is 6.92 Å². The molecule has 40 heavy (non-hydrogen) atoms. The number of anilines is 1. The molecule has 1 aliphatic rings. The van der Waals surface area contributed by atoms with Crippen molar-refractivity contribution in [2.24, 2.45) is 0 Å². The molecule has 1 aromatic heterocycles. The Hall–Kier alpha value is -4.95. The molecule has 0 saturated carbocycles. The van der Waals surface area contributed by atoms with Gasteiger partial charge in [0, 0.05) is 5.56 Å². The zero-order chi connectivity index (χ0) is 27.8. The van der Waals surface area contributed by atoms with Crippen molar-refractivity contribution in [1.82, 2.24) is 4.98 Å². The maximum Gasteiger partial charge on any atom is 0.301 e. The van der Waals surface area contributed by atoms with E-state index in [0.717, 1.165) is 15.8 Å². The first-order chi connectivity index (χ1) is 19.4. The van der Waals surface area contributed by atoms with Crippen LogP contribution >= 0.6 is 11.3 Å². The van der Waals surface area contributed by atoms with Gasteiger partial charge in [0.1, 0.15) is 23.0 Å². The molecule has 7 nitrogen and oxygen atoms in total. The van der Waals surface area contributed by atoms with Gasteiger partial charge in [-0.15, -0.1) is 0 Å². The van der Waals surface area contributed by atoms with E-state index >= 15 is 0 Å². The quantitative estimate of drug-likeness (QED) is 0.139. The summed E-state index contributed by atoms with van der Waals surface area (Å²) in [5.74, 6) is -0.178. The number of aliphatic hydroxyl groups excluding tert-OH is 1. The Balaban J connectivity index is 1.53. The molecule has 1 amide bonds. The molecular weight excluding hydrogens is 524 g/mol. The van der Waals surface area contributed by atoms with Gasteiger partial charge < -0.3 is 14.6 Å². The summed E-state index contributed by atoms with van der Waals surface area (Å²) in [7, 11) is 1.52. The van der Waals surface area contributed by atoms with Gasteiger partial charge in [-0.25, -0.2) is 4.98 Å². The second-order valence-corrected chi connectivity index (χ2v) is 10.4. The molecule has 1 aliphatic heterocycles. The van der Waals surface area contributed by atoms with Crippen LogP contribution in [-0.4, -0.2) is 28.9 Å². The molecule has 1 unspecified atom stereocenters. The summed E-state index contributed by atoms with van der Waals surface area (Å²) in [6, 6.07) is 28.1. The molecule has 1 N–H and O–H groups in total. The highest BCUT2D eigenvalue weighted by Crippen LogP contribution is 2.45. The first kappa shape index (κ1) is 25.3. The van der Waals surface area contributed by atoms with Crippen LogP contribution in [0.1, 0.15) is 22.7 Å². The lowest BCUT2D eigenvalue weighted by molar-refractivity contribution is -0.132. The zero-order valence-corrected chi connectivity index (χ0v) is 22.5. The van der Waals surface area contributed by atoms with Crippen molar-refractivity contribution in [2.75, 3.05) is 12.0 Å².